The molecule has 1 fully saturated rings. The van der Waals surface area contributed by atoms with E-state index in [1.165, 1.54) is 37.1 Å². The van der Waals surface area contributed by atoms with Crippen molar-refractivity contribution in [2.24, 2.45) is 0 Å². The lowest BCUT2D eigenvalue weighted by atomic mass is 9.88. The van der Waals surface area contributed by atoms with Gasteiger partial charge in [0.15, 0.2) is 0 Å². The van der Waals surface area contributed by atoms with Crippen LogP contribution in [-0.2, 0) is 0 Å². The fourth-order valence-electron chi connectivity index (χ4n) is 2.67. The maximum atomic E-state index is 6.08. The molecule has 2 heteroatoms. The van der Waals surface area contributed by atoms with Crippen molar-refractivity contribution in [2.45, 2.75) is 45.6 Å². The second-order valence-corrected chi connectivity index (χ2v) is 5.82. The van der Waals surface area contributed by atoms with Crippen LogP contribution in [0.5, 0.6) is 0 Å². The first kappa shape index (κ1) is 12.9. The quantitative estimate of drug-likeness (QED) is 0.760. The van der Waals surface area contributed by atoms with Crippen molar-refractivity contribution in [3.05, 3.63) is 34.3 Å². The lowest BCUT2D eigenvalue weighted by Crippen LogP contribution is -2.37. The molecule has 1 aromatic rings. The van der Waals surface area contributed by atoms with Crippen LogP contribution in [0, 0.1) is 6.92 Å². The zero-order valence-electron chi connectivity index (χ0n) is 11.0. The number of piperidine rings is 1. The van der Waals surface area contributed by atoms with Gasteiger partial charge in [-0.25, -0.2) is 0 Å². The Morgan fingerprint density at radius 3 is 2.41 bits per heavy atom. The Balaban J connectivity index is 2.03. The van der Waals surface area contributed by atoms with Crippen molar-refractivity contribution in [1.82, 2.24) is 4.90 Å². The Bertz CT molecular complexity index is 379. The summed E-state index contributed by atoms with van der Waals surface area (Å²) in [4.78, 5) is 2.57. The third kappa shape index (κ3) is 3.02. The number of likely N-dealkylation sites (tertiary alicyclic amines) is 1. The molecule has 1 heterocycles. The van der Waals surface area contributed by atoms with Gasteiger partial charge in [0.1, 0.15) is 0 Å². The Labute approximate surface area is 110 Å². The molecule has 0 unspecified atom stereocenters. The molecule has 1 saturated heterocycles. The molecule has 0 atom stereocenters. The van der Waals surface area contributed by atoms with Crippen LogP contribution in [0.15, 0.2) is 18.2 Å². The van der Waals surface area contributed by atoms with Crippen LogP contribution in [0.4, 0.5) is 0 Å². The molecular formula is C15H22ClN. The summed E-state index contributed by atoms with van der Waals surface area (Å²) in [5.74, 6) is 0.723. The van der Waals surface area contributed by atoms with Crippen molar-refractivity contribution >= 4 is 11.6 Å². The maximum absolute atomic E-state index is 6.08. The largest absolute Gasteiger partial charge is 0.301 e. The van der Waals surface area contributed by atoms with E-state index in [9.17, 15) is 0 Å². The Morgan fingerprint density at radius 1 is 1.24 bits per heavy atom. The van der Waals surface area contributed by atoms with Gasteiger partial charge in [0, 0.05) is 11.1 Å². The van der Waals surface area contributed by atoms with Crippen molar-refractivity contribution in [3.63, 3.8) is 0 Å². The van der Waals surface area contributed by atoms with Gasteiger partial charge in [-0.3, -0.25) is 0 Å². The number of nitrogens with zero attached hydrogens (tertiary/aromatic N) is 1. The number of aryl methyl sites for hydroxylation is 1. The summed E-state index contributed by atoms with van der Waals surface area (Å²) in [6.07, 6.45) is 2.55. The van der Waals surface area contributed by atoms with Crippen LogP contribution >= 0.6 is 11.6 Å². The van der Waals surface area contributed by atoms with Gasteiger partial charge in [-0.2, -0.15) is 0 Å². The van der Waals surface area contributed by atoms with Gasteiger partial charge in [-0.05, 0) is 69.8 Å². The molecule has 2 rings (SSSR count). The van der Waals surface area contributed by atoms with E-state index in [0.717, 1.165) is 10.9 Å². The van der Waals surface area contributed by atoms with Gasteiger partial charge in [0.05, 0.1) is 0 Å². The lowest BCUT2D eigenvalue weighted by Gasteiger charge is -2.34. The first-order valence-corrected chi connectivity index (χ1v) is 6.96. The fourth-order valence-corrected chi connectivity index (χ4v) is 2.79. The van der Waals surface area contributed by atoms with Crippen LogP contribution in [0.25, 0.3) is 0 Å². The number of halogens is 1. The van der Waals surface area contributed by atoms with Crippen molar-refractivity contribution in [2.75, 3.05) is 13.1 Å². The Morgan fingerprint density at radius 2 is 1.88 bits per heavy atom. The van der Waals surface area contributed by atoms with Crippen molar-refractivity contribution < 1.29 is 0 Å². The summed E-state index contributed by atoms with van der Waals surface area (Å²) in [5.41, 5.74) is 2.67. The highest BCUT2D eigenvalue weighted by atomic mass is 35.5. The average Bonchev–Trinajstić information content (AvgIpc) is 2.33. The number of hydrogen-bond donors (Lipinski definition) is 0. The molecule has 1 aliphatic heterocycles. The van der Waals surface area contributed by atoms with E-state index in [1.807, 2.05) is 6.07 Å². The van der Waals surface area contributed by atoms with E-state index >= 15 is 0 Å². The second kappa shape index (κ2) is 5.41. The first-order chi connectivity index (χ1) is 8.08. The van der Waals surface area contributed by atoms with Gasteiger partial charge in [0.25, 0.3) is 0 Å². The highest BCUT2D eigenvalue weighted by Crippen LogP contribution is 2.30. The molecule has 17 heavy (non-hydrogen) atoms. The van der Waals surface area contributed by atoms with Gasteiger partial charge in [-0.1, -0.05) is 23.7 Å². The monoisotopic (exact) mass is 251 g/mol. The minimum absolute atomic E-state index is 0.683. The number of benzene rings is 1. The van der Waals surface area contributed by atoms with E-state index in [-0.39, 0.29) is 0 Å². The molecule has 94 valence electrons. The van der Waals surface area contributed by atoms with E-state index in [4.69, 9.17) is 11.6 Å². The fraction of sp³-hybridized carbons (Fsp3) is 0.600. The second-order valence-electron chi connectivity index (χ2n) is 5.41. The normalized spacial score (nSPS) is 18.9. The summed E-state index contributed by atoms with van der Waals surface area (Å²) in [6, 6.07) is 7.19. The van der Waals surface area contributed by atoms with Crippen LogP contribution in [0.3, 0.4) is 0 Å². The molecule has 1 aliphatic rings. The van der Waals surface area contributed by atoms with Crippen molar-refractivity contribution in [1.29, 1.82) is 0 Å². The maximum Gasteiger partial charge on any atom is 0.0435 e. The molecule has 1 nitrogen and oxygen atoms in total. The topological polar surface area (TPSA) is 3.24 Å². The minimum atomic E-state index is 0.683. The molecule has 0 saturated carbocycles. The summed E-state index contributed by atoms with van der Waals surface area (Å²) >= 11 is 6.08. The molecule has 0 aromatic heterocycles. The van der Waals surface area contributed by atoms with Crippen LogP contribution in [0.1, 0.15) is 43.7 Å². The summed E-state index contributed by atoms with van der Waals surface area (Å²) in [6.45, 7) is 9.11. The summed E-state index contributed by atoms with van der Waals surface area (Å²) < 4.78 is 0. The Kier molecular flexibility index (Phi) is 4.11. The molecule has 0 aliphatic carbocycles. The SMILES string of the molecule is Cc1cc(C2CCN(C(C)C)CC2)ccc1Cl. The lowest BCUT2D eigenvalue weighted by molar-refractivity contribution is 0.172. The zero-order chi connectivity index (χ0) is 12.4. The predicted molar refractivity (Wildman–Crippen MR) is 74.9 cm³/mol. The van der Waals surface area contributed by atoms with Crippen LogP contribution in [0.2, 0.25) is 5.02 Å². The molecule has 0 N–H and O–H groups in total. The third-order valence-corrected chi connectivity index (χ3v) is 4.34. The van der Waals surface area contributed by atoms with E-state index in [1.54, 1.807) is 0 Å². The molecule has 0 spiro atoms. The van der Waals surface area contributed by atoms with Gasteiger partial charge in [-0.15, -0.1) is 0 Å². The standard InChI is InChI=1S/C15H22ClN/c1-11(2)17-8-6-13(7-9-17)14-4-5-15(16)12(3)10-14/h4-5,10-11,13H,6-9H2,1-3H3. The predicted octanol–water partition coefficient (Wildman–Crippen LogP) is 4.24. The summed E-state index contributed by atoms with van der Waals surface area (Å²) in [7, 11) is 0. The van der Waals surface area contributed by atoms with Crippen LogP contribution < -0.4 is 0 Å². The molecule has 1 aromatic carbocycles. The highest BCUT2D eigenvalue weighted by molar-refractivity contribution is 6.31. The van der Waals surface area contributed by atoms with Gasteiger partial charge in [0.2, 0.25) is 0 Å². The number of hydrogen-bond acceptors (Lipinski definition) is 1. The van der Waals surface area contributed by atoms with E-state index in [2.05, 4.69) is 37.8 Å². The van der Waals surface area contributed by atoms with Crippen molar-refractivity contribution in [3.8, 4) is 0 Å². The number of rotatable bonds is 2. The molecular weight excluding hydrogens is 230 g/mol. The van der Waals surface area contributed by atoms with E-state index < -0.39 is 0 Å². The molecule has 0 radical (unpaired) electrons. The van der Waals surface area contributed by atoms with Gasteiger partial charge < -0.3 is 4.90 Å². The van der Waals surface area contributed by atoms with Crippen LogP contribution in [-0.4, -0.2) is 24.0 Å². The van der Waals surface area contributed by atoms with E-state index in [0.29, 0.717) is 6.04 Å². The van der Waals surface area contributed by atoms with Gasteiger partial charge >= 0.3 is 0 Å². The molecule has 0 bridgehead atoms. The Hall–Kier alpha value is -0.530. The summed E-state index contributed by atoms with van der Waals surface area (Å²) in [5, 5.41) is 0.883. The highest BCUT2D eigenvalue weighted by Gasteiger charge is 2.22. The smallest absolute Gasteiger partial charge is 0.0435 e. The zero-order valence-corrected chi connectivity index (χ0v) is 11.8. The minimum Gasteiger partial charge on any atom is -0.301 e. The average molecular weight is 252 g/mol. The first-order valence-electron chi connectivity index (χ1n) is 6.58. The molecule has 0 amide bonds. The third-order valence-electron chi connectivity index (χ3n) is 3.91.